The highest BCUT2D eigenvalue weighted by Gasteiger charge is 2.42. The van der Waals surface area contributed by atoms with Crippen molar-refractivity contribution in [2.75, 3.05) is 29.5 Å². The van der Waals surface area contributed by atoms with Crippen LogP contribution in [0.15, 0.2) is 55.6 Å². The molecule has 3 aromatic heterocycles. The lowest BCUT2D eigenvalue weighted by Crippen LogP contribution is -2.30. The van der Waals surface area contributed by atoms with Crippen LogP contribution < -0.4 is 16.4 Å². The third-order valence-corrected chi connectivity index (χ3v) is 7.14. The molecule has 1 aliphatic carbocycles. The van der Waals surface area contributed by atoms with E-state index in [2.05, 4.69) is 37.1 Å². The summed E-state index contributed by atoms with van der Waals surface area (Å²) in [6.45, 7) is 6.96. The maximum absolute atomic E-state index is 12.6. The van der Waals surface area contributed by atoms with Gasteiger partial charge in [0, 0.05) is 31.5 Å². The number of carbonyl (C=O) groups is 2. The second-order valence-corrected chi connectivity index (χ2v) is 9.74. The number of nitrogens with one attached hydrogen (secondary N) is 3. The summed E-state index contributed by atoms with van der Waals surface area (Å²) in [6.07, 6.45) is 7.56. The molecule has 2 atom stereocenters. The molecule has 5 rings (SSSR count). The Hall–Kier alpha value is -4.67. The van der Waals surface area contributed by atoms with Crippen molar-refractivity contribution in [2.24, 2.45) is 11.8 Å². The SMILES string of the molecule is C=CC(=O)N1CC2CC(Nc3ncnc(N)c3C(=N)c3ccc(C(=O)Nc4cc(C)ccn4)cn3)CC2C1. The van der Waals surface area contributed by atoms with Gasteiger partial charge >= 0.3 is 0 Å². The summed E-state index contributed by atoms with van der Waals surface area (Å²) in [5, 5.41) is 15.0. The van der Waals surface area contributed by atoms with E-state index >= 15 is 0 Å². The number of nitrogens with two attached hydrogens (primary N) is 1. The van der Waals surface area contributed by atoms with Gasteiger partial charge in [0.15, 0.2) is 0 Å². The van der Waals surface area contributed by atoms with Crippen molar-refractivity contribution in [1.29, 1.82) is 5.41 Å². The molecule has 0 bridgehead atoms. The number of nitrogen functional groups attached to an aromatic ring is 1. The molecule has 38 heavy (non-hydrogen) atoms. The van der Waals surface area contributed by atoms with E-state index in [1.807, 2.05) is 17.9 Å². The average molecular weight is 512 g/mol. The second kappa shape index (κ2) is 10.4. The number of likely N-dealkylation sites (tertiary alicyclic amines) is 1. The fourth-order valence-corrected chi connectivity index (χ4v) is 5.27. The maximum atomic E-state index is 12.6. The van der Waals surface area contributed by atoms with Crippen LogP contribution in [0.2, 0.25) is 0 Å². The van der Waals surface area contributed by atoms with Crippen molar-refractivity contribution >= 4 is 35.0 Å². The Bertz CT molecular complexity index is 1390. The first-order valence-electron chi connectivity index (χ1n) is 12.4. The Morgan fingerprint density at radius 2 is 1.89 bits per heavy atom. The van der Waals surface area contributed by atoms with Crippen LogP contribution in [0.4, 0.5) is 17.5 Å². The smallest absolute Gasteiger partial charge is 0.258 e. The number of carbonyl (C=O) groups excluding carboxylic acids is 2. The highest BCUT2D eigenvalue weighted by Crippen LogP contribution is 2.39. The molecule has 1 saturated heterocycles. The molecule has 2 unspecified atom stereocenters. The molecule has 2 aliphatic rings. The summed E-state index contributed by atoms with van der Waals surface area (Å²) in [4.78, 5) is 43.4. The van der Waals surface area contributed by atoms with Crippen molar-refractivity contribution in [2.45, 2.75) is 25.8 Å². The number of hydrogen-bond acceptors (Lipinski definition) is 9. The summed E-state index contributed by atoms with van der Waals surface area (Å²) in [5.74, 6) is 1.54. The first-order chi connectivity index (χ1) is 18.3. The van der Waals surface area contributed by atoms with E-state index in [-0.39, 0.29) is 29.4 Å². The number of hydrogen-bond donors (Lipinski definition) is 4. The first kappa shape index (κ1) is 25.0. The monoisotopic (exact) mass is 511 g/mol. The van der Waals surface area contributed by atoms with Gasteiger partial charge in [0.05, 0.1) is 22.5 Å². The van der Waals surface area contributed by atoms with Gasteiger partial charge in [-0.05, 0) is 67.5 Å². The number of rotatable bonds is 7. The first-order valence-corrected chi connectivity index (χ1v) is 12.4. The van der Waals surface area contributed by atoms with Crippen LogP contribution in [0.1, 0.15) is 40.0 Å². The summed E-state index contributed by atoms with van der Waals surface area (Å²) >= 11 is 0. The molecule has 5 N–H and O–H groups in total. The van der Waals surface area contributed by atoms with E-state index in [9.17, 15) is 9.59 Å². The second-order valence-electron chi connectivity index (χ2n) is 9.74. The summed E-state index contributed by atoms with van der Waals surface area (Å²) in [7, 11) is 0. The predicted octanol–water partition coefficient (Wildman–Crippen LogP) is 2.66. The van der Waals surface area contributed by atoms with Gasteiger partial charge in [-0.3, -0.25) is 20.0 Å². The average Bonchev–Trinajstić information content (AvgIpc) is 3.47. The molecule has 0 spiro atoms. The van der Waals surface area contributed by atoms with Crippen molar-refractivity contribution in [3.63, 3.8) is 0 Å². The maximum Gasteiger partial charge on any atom is 0.258 e. The number of nitrogens with zero attached hydrogens (tertiary/aromatic N) is 5. The van der Waals surface area contributed by atoms with Crippen molar-refractivity contribution < 1.29 is 9.59 Å². The summed E-state index contributed by atoms with van der Waals surface area (Å²) < 4.78 is 0. The third-order valence-electron chi connectivity index (χ3n) is 7.14. The molecule has 1 saturated carbocycles. The van der Waals surface area contributed by atoms with Crippen molar-refractivity contribution in [3.8, 4) is 0 Å². The van der Waals surface area contributed by atoms with E-state index in [0.717, 1.165) is 31.5 Å². The molecule has 1 aliphatic heterocycles. The van der Waals surface area contributed by atoms with Crippen LogP contribution in [0.5, 0.6) is 0 Å². The van der Waals surface area contributed by atoms with Crippen LogP contribution in [0.25, 0.3) is 0 Å². The Kier molecular flexibility index (Phi) is 6.82. The van der Waals surface area contributed by atoms with Gasteiger partial charge in [-0.25, -0.2) is 15.0 Å². The van der Waals surface area contributed by atoms with Crippen LogP contribution in [0.3, 0.4) is 0 Å². The fraction of sp³-hybridized carbons (Fsp3) is 0.296. The molecular weight excluding hydrogens is 482 g/mol. The number of pyridine rings is 2. The zero-order valence-electron chi connectivity index (χ0n) is 21.0. The molecule has 11 heteroatoms. The molecule has 2 amide bonds. The number of aromatic nitrogens is 4. The fourth-order valence-electron chi connectivity index (χ4n) is 5.27. The largest absolute Gasteiger partial charge is 0.383 e. The molecular formula is C27H29N9O2. The molecule has 11 nitrogen and oxygen atoms in total. The predicted molar refractivity (Wildman–Crippen MR) is 144 cm³/mol. The van der Waals surface area contributed by atoms with E-state index < -0.39 is 0 Å². The van der Waals surface area contributed by atoms with E-state index in [4.69, 9.17) is 11.1 Å². The van der Waals surface area contributed by atoms with E-state index in [0.29, 0.717) is 40.3 Å². The Morgan fingerprint density at radius 3 is 2.55 bits per heavy atom. The summed E-state index contributed by atoms with van der Waals surface area (Å²) in [5.41, 5.74) is 8.25. The van der Waals surface area contributed by atoms with Gasteiger partial charge in [-0.1, -0.05) is 6.58 Å². The topological polar surface area (TPSA) is 163 Å². The minimum absolute atomic E-state index is 0.0222. The number of fused-ring (bicyclic) bond motifs is 1. The molecule has 0 radical (unpaired) electrons. The molecule has 0 aromatic carbocycles. The molecule has 3 aromatic rings. The van der Waals surface area contributed by atoms with Crippen LogP contribution in [-0.2, 0) is 4.79 Å². The van der Waals surface area contributed by atoms with Gasteiger partial charge in [0.2, 0.25) is 5.91 Å². The Balaban J connectivity index is 1.28. The zero-order valence-corrected chi connectivity index (χ0v) is 21.0. The standard InChI is InChI=1S/C27H29N9O2/c1-3-22(37)36-12-17-9-19(10-18(17)13-36)34-26-23(25(29)32-14-33-26)24(28)20-5-4-16(11-31-20)27(38)35-21-8-15(2)6-7-30-21/h3-8,11,14,17-19,28H,1,9-10,12-13H2,2H3,(H,30,35,38)(H3,29,32,33,34). The minimum atomic E-state index is -0.348. The normalized spacial score (nSPS) is 20.0. The van der Waals surface area contributed by atoms with Gasteiger partial charge in [-0.2, -0.15) is 0 Å². The van der Waals surface area contributed by atoms with E-state index in [1.54, 1.807) is 24.4 Å². The number of anilines is 3. The van der Waals surface area contributed by atoms with Crippen LogP contribution >= 0.6 is 0 Å². The highest BCUT2D eigenvalue weighted by atomic mass is 16.2. The third kappa shape index (κ3) is 5.08. The van der Waals surface area contributed by atoms with Crippen molar-refractivity contribution in [3.05, 3.63) is 78.0 Å². The van der Waals surface area contributed by atoms with Crippen LogP contribution in [-0.4, -0.2) is 61.5 Å². The lowest BCUT2D eigenvalue weighted by Gasteiger charge is -2.20. The highest BCUT2D eigenvalue weighted by molar-refractivity contribution is 6.15. The Labute approximate surface area is 220 Å². The zero-order chi connectivity index (χ0) is 26.8. The number of aryl methyl sites for hydroxylation is 1. The summed E-state index contributed by atoms with van der Waals surface area (Å²) in [6, 6.07) is 6.96. The van der Waals surface area contributed by atoms with Gasteiger partial charge in [0.25, 0.3) is 5.91 Å². The molecule has 4 heterocycles. The van der Waals surface area contributed by atoms with Gasteiger partial charge in [0.1, 0.15) is 23.8 Å². The lowest BCUT2D eigenvalue weighted by molar-refractivity contribution is -0.125. The van der Waals surface area contributed by atoms with Gasteiger partial charge in [-0.15, -0.1) is 0 Å². The molecule has 194 valence electrons. The quantitative estimate of drug-likeness (QED) is 0.278. The van der Waals surface area contributed by atoms with E-state index in [1.165, 1.54) is 18.6 Å². The lowest BCUT2D eigenvalue weighted by atomic mass is 10.0. The van der Waals surface area contributed by atoms with Crippen LogP contribution in [0, 0.1) is 24.2 Å². The van der Waals surface area contributed by atoms with Crippen molar-refractivity contribution in [1.82, 2.24) is 24.8 Å². The van der Waals surface area contributed by atoms with Gasteiger partial charge < -0.3 is 21.3 Å². The molecule has 2 fully saturated rings. The number of amides is 2. The minimum Gasteiger partial charge on any atom is -0.383 e. The Morgan fingerprint density at radius 1 is 1.13 bits per heavy atom.